The molecule has 0 aliphatic heterocycles. The summed E-state index contributed by atoms with van der Waals surface area (Å²) in [6.07, 6.45) is 2.95. The van der Waals surface area contributed by atoms with Crippen LogP contribution in [0.4, 0.5) is 4.39 Å². The number of nitrogens with one attached hydrogen (secondary N) is 3. The minimum atomic E-state index is -4.34. The maximum Gasteiger partial charge on any atom is 0.279 e. The van der Waals surface area contributed by atoms with Crippen LogP contribution in [0.2, 0.25) is 0 Å². The lowest BCUT2D eigenvalue weighted by Gasteiger charge is -2.19. The normalized spacial score (nSPS) is 13.8. The van der Waals surface area contributed by atoms with Crippen molar-refractivity contribution in [1.29, 1.82) is 0 Å². The second-order valence-electron chi connectivity index (χ2n) is 7.65. The first-order valence-electron chi connectivity index (χ1n) is 10.4. The Morgan fingerprint density at radius 2 is 1.73 bits per heavy atom. The molecule has 0 saturated carbocycles. The van der Waals surface area contributed by atoms with Crippen LogP contribution in [0.25, 0.3) is 0 Å². The molecule has 0 saturated heterocycles. The fraction of sp³-hybridized carbons (Fsp3) is 0.217. The lowest BCUT2D eigenvalue weighted by Crippen LogP contribution is -2.53. The molecule has 0 spiro atoms. The van der Waals surface area contributed by atoms with Gasteiger partial charge in [-0.2, -0.15) is 4.72 Å². The number of fused-ring (bicyclic) bond motifs is 1. The molecule has 0 bridgehead atoms. The molecule has 2 aromatic carbocycles. The summed E-state index contributed by atoms with van der Waals surface area (Å²) in [5.74, 6) is -2.17. The van der Waals surface area contributed by atoms with E-state index < -0.39 is 38.6 Å². The van der Waals surface area contributed by atoms with E-state index in [4.69, 9.17) is 0 Å². The Hall–Kier alpha value is -3.08. The SMILES string of the molecule is O=C(NNC(=O)C(Cc1ccccc1)NS(=O)(=O)c1ccccc1F)c1cc2c(s1)CCC2. The Morgan fingerprint density at radius 3 is 2.45 bits per heavy atom. The number of hydrogen-bond donors (Lipinski definition) is 3. The van der Waals surface area contributed by atoms with Crippen molar-refractivity contribution in [3.05, 3.63) is 87.4 Å². The third kappa shape index (κ3) is 5.47. The molecule has 7 nitrogen and oxygen atoms in total. The van der Waals surface area contributed by atoms with Crippen molar-refractivity contribution in [3.8, 4) is 0 Å². The van der Waals surface area contributed by atoms with E-state index in [1.165, 1.54) is 28.3 Å². The molecule has 1 aliphatic rings. The first kappa shape index (κ1) is 23.1. The lowest BCUT2D eigenvalue weighted by atomic mass is 10.1. The van der Waals surface area contributed by atoms with E-state index in [1.807, 2.05) is 6.07 Å². The molecular formula is C23H22FN3O4S2. The number of halogens is 1. The second-order valence-corrected chi connectivity index (χ2v) is 10.5. The summed E-state index contributed by atoms with van der Waals surface area (Å²) in [7, 11) is -4.34. The van der Waals surface area contributed by atoms with Gasteiger partial charge in [0.2, 0.25) is 10.0 Å². The number of hydrogen-bond acceptors (Lipinski definition) is 5. The topological polar surface area (TPSA) is 104 Å². The van der Waals surface area contributed by atoms with E-state index in [0.717, 1.165) is 37.0 Å². The number of carbonyl (C=O) groups is 2. The van der Waals surface area contributed by atoms with E-state index in [1.54, 1.807) is 30.3 Å². The molecule has 1 aromatic heterocycles. The molecule has 0 fully saturated rings. The molecule has 33 heavy (non-hydrogen) atoms. The number of benzene rings is 2. The van der Waals surface area contributed by atoms with Gasteiger partial charge in [0.05, 0.1) is 4.88 Å². The quantitative estimate of drug-likeness (QED) is 0.446. The Labute approximate surface area is 195 Å². The van der Waals surface area contributed by atoms with Gasteiger partial charge < -0.3 is 0 Å². The van der Waals surface area contributed by atoms with Gasteiger partial charge >= 0.3 is 0 Å². The average Bonchev–Trinajstić information content (AvgIpc) is 3.40. The van der Waals surface area contributed by atoms with Crippen LogP contribution in [-0.2, 0) is 34.1 Å². The highest BCUT2D eigenvalue weighted by Crippen LogP contribution is 2.30. The van der Waals surface area contributed by atoms with E-state index >= 15 is 0 Å². The highest BCUT2D eigenvalue weighted by molar-refractivity contribution is 7.89. The maximum absolute atomic E-state index is 14.1. The zero-order chi connectivity index (χ0) is 23.4. The number of aryl methyl sites for hydroxylation is 2. The van der Waals surface area contributed by atoms with E-state index in [2.05, 4.69) is 15.6 Å². The van der Waals surface area contributed by atoms with Crippen LogP contribution in [0, 0.1) is 5.82 Å². The monoisotopic (exact) mass is 487 g/mol. The van der Waals surface area contributed by atoms with Crippen molar-refractivity contribution in [2.75, 3.05) is 0 Å². The molecule has 1 unspecified atom stereocenters. The molecule has 10 heteroatoms. The van der Waals surface area contributed by atoms with Crippen molar-refractivity contribution < 1.29 is 22.4 Å². The Bertz CT molecular complexity index is 1250. The highest BCUT2D eigenvalue weighted by Gasteiger charge is 2.28. The number of sulfonamides is 1. The van der Waals surface area contributed by atoms with Crippen LogP contribution in [0.3, 0.4) is 0 Å². The van der Waals surface area contributed by atoms with E-state index in [-0.39, 0.29) is 6.42 Å². The van der Waals surface area contributed by atoms with Crippen LogP contribution in [0.15, 0.2) is 65.6 Å². The van der Waals surface area contributed by atoms with Gasteiger partial charge in [-0.3, -0.25) is 20.4 Å². The van der Waals surface area contributed by atoms with Crippen LogP contribution in [0.1, 0.15) is 32.1 Å². The molecular weight excluding hydrogens is 465 g/mol. The predicted octanol–water partition coefficient (Wildman–Crippen LogP) is 2.73. The number of hydrazine groups is 1. The summed E-state index contributed by atoms with van der Waals surface area (Å²) in [6, 6.07) is 14.2. The molecule has 3 N–H and O–H groups in total. The fourth-order valence-corrected chi connectivity index (χ4v) is 6.08. The molecule has 1 aliphatic carbocycles. The van der Waals surface area contributed by atoms with Crippen LogP contribution >= 0.6 is 11.3 Å². The summed E-state index contributed by atoms with van der Waals surface area (Å²) in [5, 5.41) is 0. The van der Waals surface area contributed by atoms with Crippen LogP contribution in [-0.4, -0.2) is 26.3 Å². The standard InChI is InChI=1S/C23H22FN3O4S2/c24-17-10-4-5-12-21(17)33(30,31)27-18(13-15-7-2-1-3-8-15)22(28)25-26-23(29)20-14-16-9-6-11-19(16)32-20/h1-5,7-8,10,12,14,18,27H,6,9,11,13H2,(H,25,28)(H,26,29). The van der Waals surface area contributed by atoms with Gasteiger partial charge in [-0.1, -0.05) is 42.5 Å². The van der Waals surface area contributed by atoms with Gasteiger partial charge in [0.15, 0.2) is 0 Å². The molecule has 2 amide bonds. The summed E-state index contributed by atoms with van der Waals surface area (Å²) in [5.41, 5.74) is 6.49. The minimum absolute atomic E-state index is 0.00350. The number of carbonyl (C=O) groups excluding carboxylic acids is 2. The summed E-state index contributed by atoms with van der Waals surface area (Å²) in [6.45, 7) is 0. The molecule has 172 valence electrons. The zero-order valence-electron chi connectivity index (χ0n) is 17.5. The smallest absolute Gasteiger partial charge is 0.271 e. The van der Waals surface area contributed by atoms with Gasteiger partial charge in [-0.15, -0.1) is 11.3 Å². The van der Waals surface area contributed by atoms with Crippen molar-refractivity contribution >= 4 is 33.2 Å². The molecule has 1 atom stereocenters. The first-order valence-corrected chi connectivity index (χ1v) is 12.7. The largest absolute Gasteiger partial charge is 0.279 e. The van der Waals surface area contributed by atoms with Gasteiger partial charge in [-0.25, -0.2) is 12.8 Å². The Balaban J connectivity index is 1.49. The highest BCUT2D eigenvalue weighted by atomic mass is 32.2. The van der Waals surface area contributed by atoms with E-state index in [0.29, 0.717) is 10.4 Å². The van der Waals surface area contributed by atoms with Crippen LogP contribution in [0.5, 0.6) is 0 Å². The van der Waals surface area contributed by atoms with Gasteiger partial charge in [0.1, 0.15) is 16.8 Å². The summed E-state index contributed by atoms with van der Waals surface area (Å²) < 4.78 is 41.9. The fourth-order valence-electron chi connectivity index (χ4n) is 3.66. The molecule has 4 rings (SSSR count). The van der Waals surface area contributed by atoms with Crippen molar-refractivity contribution in [3.63, 3.8) is 0 Å². The minimum Gasteiger partial charge on any atom is -0.271 e. The third-order valence-electron chi connectivity index (χ3n) is 5.29. The van der Waals surface area contributed by atoms with Gasteiger partial charge in [0.25, 0.3) is 11.8 Å². The second kappa shape index (κ2) is 9.82. The summed E-state index contributed by atoms with van der Waals surface area (Å²) in [4.78, 5) is 26.4. The third-order valence-corrected chi connectivity index (χ3v) is 8.03. The van der Waals surface area contributed by atoms with Crippen molar-refractivity contribution in [2.45, 2.75) is 36.6 Å². The van der Waals surface area contributed by atoms with E-state index in [9.17, 15) is 22.4 Å². The first-order chi connectivity index (χ1) is 15.8. The molecule has 3 aromatic rings. The van der Waals surface area contributed by atoms with Crippen molar-refractivity contribution in [1.82, 2.24) is 15.6 Å². The predicted molar refractivity (Wildman–Crippen MR) is 123 cm³/mol. The Kier molecular flexibility index (Phi) is 6.87. The maximum atomic E-state index is 14.1. The Morgan fingerprint density at radius 1 is 1.00 bits per heavy atom. The number of rotatable bonds is 7. The van der Waals surface area contributed by atoms with Crippen molar-refractivity contribution in [2.24, 2.45) is 0 Å². The van der Waals surface area contributed by atoms with Crippen LogP contribution < -0.4 is 15.6 Å². The average molecular weight is 488 g/mol. The number of thiophene rings is 1. The van der Waals surface area contributed by atoms with Gasteiger partial charge in [0, 0.05) is 4.88 Å². The number of amides is 2. The molecule has 1 heterocycles. The van der Waals surface area contributed by atoms with Gasteiger partial charge in [-0.05, 0) is 55.0 Å². The molecule has 0 radical (unpaired) electrons. The zero-order valence-corrected chi connectivity index (χ0v) is 19.1. The summed E-state index contributed by atoms with van der Waals surface area (Å²) >= 11 is 1.39. The lowest BCUT2D eigenvalue weighted by molar-refractivity contribution is -0.123.